The van der Waals surface area contributed by atoms with Gasteiger partial charge in [0.05, 0.1) is 102 Å². The van der Waals surface area contributed by atoms with Crippen molar-refractivity contribution in [2.24, 2.45) is 29.4 Å². The van der Waals surface area contributed by atoms with E-state index in [2.05, 4.69) is 29.5 Å². The summed E-state index contributed by atoms with van der Waals surface area (Å²) in [6.45, 7) is 12.2. The molecule has 0 spiro atoms. The van der Waals surface area contributed by atoms with Crippen LogP contribution in [-0.4, -0.2) is 213 Å². The number of hydrogen-bond acceptors (Lipinski definition) is 25. The second-order valence-electron chi connectivity index (χ2n) is 31.8. The molecule has 4 rings (SSSR count). The quantitative estimate of drug-likeness (QED) is 0.0110. The summed E-state index contributed by atoms with van der Waals surface area (Å²) in [6, 6.07) is -1.21. The van der Waals surface area contributed by atoms with Crippen molar-refractivity contribution < 1.29 is 107 Å². The minimum Gasteiger partial charge on any atom is -0.456 e. The average Bonchev–Trinajstić information content (AvgIpc) is 1.73. The van der Waals surface area contributed by atoms with E-state index in [0.29, 0.717) is 96.3 Å². The molecule has 620 valence electrons. The Bertz CT molecular complexity index is 2890. The van der Waals surface area contributed by atoms with Crippen LogP contribution in [-0.2, 0) is 46.4 Å². The van der Waals surface area contributed by atoms with Crippen molar-refractivity contribution in [3.8, 4) is 0 Å². The molecular formula is C79H140N4O22S2. The minimum absolute atomic E-state index is 0.0190. The highest BCUT2D eigenvalue weighted by Gasteiger charge is 2.40. The lowest BCUT2D eigenvalue weighted by atomic mass is 9.88. The van der Waals surface area contributed by atoms with E-state index >= 15 is 0 Å². The summed E-state index contributed by atoms with van der Waals surface area (Å²) < 4.78 is 64.3. The van der Waals surface area contributed by atoms with E-state index in [-0.39, 0.29) is 124 Å². The van der Waals surface area contributed by atoms with E-state index in [1.807, 2.05) is 19.1 Å². The molecule has 1 fully saturated rings. The van der Waals surface area contributed by atoms with E-state index in [0.717, 1.165) is 49.1 Å². The van der Waals surface area contributed by atoms with Crippen LogP contribution < -0.4 is 11.1 Å². The molecule has 28 heteroatoms. The molecule has 1 saturated heterocycles. The highest BCUT2D eigenvalue weighted by molar-refractivity contribution is 7.80. The predicted molar refractivity (Wildman–Crippen MR) is 410 cm³/mol. The second-order valence-corrected chi connectivity index (χ2v) is 33.8. The van der Waals surface area contributed by atoms with E-state index < -0.39 is 126 Å². The van der Waals surface area contributed by atoms with Crippen molar-refractivity contribution >= 4 is 33.6 Å². The normalized spacial score (nSPS) is 30.0. The Kier molecular flexibility index (Phi) is 46.6. The third-order valence-electron chi connectivity index (χ3n) is 21.3. The van der Waals surface area contributed by atoms with Crippen LogP contribution in [0.4, 0.5) is 0 Å². The monoisotopic (exact) mass is 1560 g/mol. The number of esters is 1. The summed E-state index contributed by atoms with van der Waals surface area (Å²) in [5, 5.41) is 137. The Morgan fingerprint density at radius 2 is 1.23 bits per heavy atom. The first kappa shape index (κ1) is 95.9. The van der Waals surface area contributed by atoms with Gasteiger partial charge in [0, 0.05) is 42.9 Å². The number of hydrogen-bond donors (Lipinski definition) is 15. The third-order valence-corrected chi connectivity index (χ3v) is 22.7. The maximum absolute atomic E-state index is 14.2. The fraction of sp³-hybridized carbons (Fsp3) is 0.848. The molecule has 0 saturated carbocycles. The third kappa shape index (κ3) is 41.2. The fourth-order valence-corrected chi connectivity index (χ4v) is 16.1. The number of aromatic nitrogens is 2. The maximum atomic E-state index is 14.2. The second kappa shape index (κ2) is 52.0. The Labute approximate surface area is 642 Å². The summed E-state index contributed by atoms with van der Waals surface area (Å²) in [4.78, 5) is 37.2. The van der Waals surface area contributed by atoms with Gasteiger partial charge >= 0.3 is 16.4 Å². The van der Waals surface area contributed by atoms with Gasteiger partial charge in [-0.2, -0.15) is 8.42 Å². The first-order chi connectivity index (χ1) is 50.7. The molecule has 2 aromatic heterocycles. The van der Waals surface area contributed by atoms with E-state index in [4.69, 9.17) is 33.5 Å². The summed E-state index contributed by atoms with van der Waals surface area (Å²) in [7, 11) is -3.68. The summed E-state index contributed by atoms with van der Waals surface area (Å²) in [6.07, 6.45) is 10.1. The average molecular weight is 1560 g/mol. The van der Waals surface area contributed by atoms with Crippen LogP contribution in [0.15, 0.2) is 39.9 Å². The van der Waals surface area contributed by atoms with Gasteiger partial charge in [0.15, 0.2) is 11.6 Å². The predicted octanol–water partition coefficient (Wildman–Crippen LogP) is 9.59. The van der Waals surface area contributed by atoms with Gasteiger partial charge in [-0.25, -0.2) is 18.9 Å². The number of amides is 1. The SMILES string of the molecule is COC1/C=C\C(C)CCC(O)CC(O)CCCC(O)CCCCC(C)C(OS(=O)(=O)O)C(NC(=O)/C(C)=C\C(C)C(O)CC(O)CC(O)CCCC(O)CC(O)CC(O)CC2OC(c3csc(CCCCCCCCC(C)N)n3)CCC2C)C(C)OC(=O)c2coc(n2)CCCC(O)CC(O)CCCC(O)C1. The van der Waals surface area contributed by atoms with Gasteiger partial charge in [0.2, 0.25) is 5.91 Å². The number of cyclic esters (lactones) is 1. The number of thiazole rings is 1. The number of nitrogens with zero attached hydrogens (tertiary/aromatic N) is 2. The minimum atomic E-state index is -5.24. The number of ether oxygens (including phenoxy) is 3. The van der Waals surface area contributed by atoms with Gasteiger partial charge in [-0.3, -0.25) is 9.35 Å². The van der Waals surface area contributed by atoms with Gasteiger partial charge in [0.1, 0.15) is 24.6 Å². The topological polar surface area (TPSA) is 445 Å². The number of aryl methyl sites for hydroxylation is 2. The zero-order valence-corrected chi connectivity index (χ0v) is 67.0. The summed E-state index contributed by atoms with van der Waals surface area (Å²) in [5.74, 6) is -2.94. The molecule has 2 aliphatic rings. The van der Waals surface area contributed by atoms with Crippen LogP contribution in [0.5, 0.6) is 0 Å². The number of fused-ring (bicyclic) bond motifs is 2. The van der Waals surface area contributed by atoms with E-state index in [1.165, 1.54) is 52.0 Å². The largest absolute Gasteiger partial charge is 0.456 e. The van der Waals surface area contributed by atoms with Gasteiger partial charge in [0.25, 0.3) is 0 Å². The van der Waals surface area contributed by atoms with Crippen LogP contribution in [0.1, 0.15) is 300 Å². The number of nitrogens with two attached hydrogens (primary N) is 1. The van der Waals surface area contributed by atoms with Gasteiger partial charge < -0.3 is 91.0 Å². The molecule has 23 atom stereocenters. The highest BCUT2D eigenvalue weighted by Crippen LogP contribution is 2.38. The summed E-state index contributed by atoms with van der Waals surface area (Å²) in [5.41, 5.74) is 6.57. The lowest BCUT2D eigenvalue weighted by Gasteiger charge is -2.35. The number of methoxy groups -OCH3 is 1. The number of aliphatic hydroxyl groups is 12. The van der Waals surface area contributed by atoms with Gasteiger partial charge in [-0.05, 0) is 212 Å². The zero-order valence-electron chi connectivity index (χ0n) is 65.4. The molecule has 0 radical (unpaired) electrons. The molecule has 0 aromatic carbocycles. The Balaban J connectivity index is 1.32. The molecule has 4 heterocycles. The van der Waals surface area contributed by atoms with Crippen molar-refractivity contribution in [1.29, 1.82) is 0 Å². The number of nitrogens with one attached hydrogen (secondary N) is 1. The van der Waals surface area contributed by atoms with Crippen molar-refractivity contribution in [2.75, 3.05) is 7.11 Å². The molecule has 2 aliphatic heterocycles. The van der Waals surface area contributed by atoms with E-state index in [1.54, 1.807) is 32.3 Å². The Hall–Kier alpha value is -3.47. The number of aliphatic hydroxyl groups excluding tert-OH is 12. The van der Waals surface area contributed by atoms with Gasteiger partial charge in [-0.15, -0.1) is 11.3 Å². The van der Waals surface area contributed by atoms with Crippen LogP contribution in [0.3, 0.4) is 0 Å². The van der Waals surface area contributed by atoms with Crippen LogP contribution in [0.2, 0.25) is 0 Å². The fourth-order valence-electron chi connectivity index (χ4n) is 14.6. The lowest BCUT2D eigenvalue weighted by molar-refractivity contribution is -0.120. The molecule has 2 aromatic rings. The number of rotatable bonds is 31. The standard InChI is InChI=1S/C79H140N4O22S2/c1-50-33-36-64(91)41-59(86)25-17-24-57(84)23-16-15-21-52(3)77(105-107(98,99)100)76(56(7)103-79(97)69-48-102-74(81-69)31-20-30-60(87)40-58(85)26-19-29-63(90)45-68(101-8)37-34-50)83-78(96)54(5)39-53(4)71(95)46-66(93)43-62(89)28-18-27-61(88)42-65(92)44-67(94)47-73-51(2)35-38-72(104-73)70-49-106-75(82-70)32-14-12-10-9-11-13-22-55(6)80/h34,37,39,48-53,55-68,71-73,76-77,84-95H,9-33,35-36,38,40-47,80H2,1-8H3,(H,83,96)(H,98,99,100)/b37-34-,54-39-. The number of carbonyl (C=O) groups is 2. The van der Waals surface area contributed by atoms with E-state index in [9.17, 15) is 83.8 Å². The molecule has 26 nitrogen and oxygen atoms in total. The van der Waals surface area contributed by atoms with Crippen LogP contribution in [0.25, 0.3) is 0 Å². The lowest BCUT2D eigenvalue weighted by Crippen LogP contribution is -2.55. The molecular weight excluding hydrogens is 1420 g/mol. The van der Waals surface area contributed by atoms with Crippen molar-refractivity contribution in [3.63, 3.8) is 0 Å². The molecule has 1 amide bonds. The summed E-state index contributed by atoms with van der Waals surface area (Å²) >= 11 is 1.67. The molecule has 107 heavy (non-hydrogen) atoms. The van der Waals surface area contributed by atoms with Crippen LogP contribution >= 0.6 is 11.3 Å². The highest BCUT2D eigenvalue weighted by atomic mass is 32.3. The first-order valence-corrected chi connectivity index (χ1v) is 42.4. The molecule has 2 bridgehead atoms. The molecule has 16 N–H and O–H groups in total. The first-order valence-electron chi connectivity index (χ1n) is 40.2. The number of allylic oxidation sites excluding steroid dienone is 1. The number of oxazole rings is 1. The van der Waals surface area contributed by atoms with Crippen molar-refractivity contribution in [2.45, 2.75) is 395 Å². The molecule has 0 aliphatic carbocycles. The zero-order chi connectivity index (χ0) is 79.2. The molecule has 23 unspecified atom stereocenters. The van der Waals surface area contributed by atoms with Crippen LogP contribution in [0, 0.1) is 23.7 Å². The number of unbranched alkanes of at least 4 members (excludes halogenated alkanes) is 5. The van der Waals surface area contributed by atoms with Crippen molar-refractivity contribution in [3.05, 3.63) is 57.7 Å². The Morgan fingerprint density at radius 1 is 0.664 bits per heavy atom. The Morgan fingerprint density at radius 3 is 1.87 bits per heavy atom. The maximum Gasteiger partial charge on any atom is 0.397 e. The number of carbonyl (C=O) groups excluding carboxylic acids is 2. The smallest absolute Gasteiger partial charge is 0.397 e. The van der Waals surface area contributed by atoms with Crippen molar-refractivity contribution in [1.82, 2.24) is 15.3 Å². The van der Waals surface area contributed by atoms with Gasteiger partial charge in [-0.1, -0.05) is 90.9 Å².